The van der Waals surface area contributed by atoms with Gasteiger partial charge in [0, 0.05) is 10.5 Å². The van der Waals surface area contributed by atoms with Crippen LogP contribution in [0.2, 0.25) is 0 Å². The number of anilines is 2. The van der Waals surface area contributed by atoms with Crippen LogP contribution in [0.3, 0.4) is 0 Å². The summed E-state index contributed by atoms with van der Waals surface area (Å²) in [7, 11) is 0. The number of nitrogens with zero attached hydrogens (tertiary/aromatic N) is 1. The number of amides is 1. The minimum atomic E-state index is 0.183. The van der Waals surface area contributed by atoms with Gasteiger partial charge in [-0.05, 0) is 31.0 Å². The highest BCUT2D eigenvalue weighted by atomic mass is 79.9. The Morgan fingerprint density at radius 3 is 2.93 bits per heavy atom. The zero-order valence-corrected chi connectivity index (χ0v) is 9.75. The van der Waals surface area contributed by atoms with Gasteiger partial charge in [-0.25, -0.2) is 0 Å². The van der Waals surface area contributed by atoms with Gasteiger partial charge in [0.1, 0.15) is 0 Å². The van der Waals surface area contributed by atoms with Crippen LogP contribution in [0.5, 0.6) is 0 Å². The number of halogens is 1. The first-order chi connectivity index (χ1) is 7.25. The smallest absolute Gasteiger partial charge is 0.246 e. The van der Waals surface area contributed by atoms with Crippen LogP contribution in [-0.4, -0.2) is 18.5 Å². The van der Waals surface area contributed by atoms with Crippen molar-refractivity contribution in [2.45, 2.75) is 18.9 Å². The predicted octanol–water partition coefficient (Wildman–Crippen LogP) is 2.37. The molecular weight excluding hydrogens is 256 g/mol. The highest BCUT2D eigenvalue weighted by Gasteiger charge is 2.36. The number of carbonyl (C=O) groups excluding carboxylic acids is 1. The average molecular weight is 267 g/mol. The van der Waals surface area contributed by atoms with Crippen LogP contribution in [0.15, 0.2) is 22.7 Å². The SMILES string of the molecule is O=C1CNc2ccc(Br)cc2N1C1CC1. The third kappa shape index (κ3) is 1.53. The number of fused-ring (bicyclic) bond motifs is 1. The summed E-state index contributed by atoms with van der Waals surface area (Å²) in [6, 6.07) is 6.46. The second-order valence-electron chi connectivity index (χ2n) is 4.01. The molecule has 2 aliphatic rings. The van der Waals surface area contributed by atoms with Crippen molar-refractivity contribution >= 4 is 33.2 Å². The summed E-state index contributed by atoms with van der Waals surface area (Å²) in [5.74, 6) is 0.183. The monoisotopic (exact) mass is 266 g/mol. The molecule has 1 aliphatic carbocycles. The van der Waals surface area contributed by atoms with Crippen molar-refractivity contribution in [1.82, 2.24) is 0 Å². The van der Waals surface area contributed by atoms with E-state index in [2.05, 4.69) is 21.2 Å². The molecule has 0 spiro atoms. The topological polar surface area (TPSA) is 32.3 Å². The number of benzene rings is 1. The van der Waals surface area contributed by atoms with Gasteiger partial charge in [-0.1, -0.05) is 15.9 Å². The Hall–Kier alpha value is -1.03. The molecule has 1 saturated carbocycles. The summed E-state index contributed by atoms with van der Waals surface area (Å²) >= 11 is 3.44. The fourth-order valence-corrected chi connectivity index (χ4v) is 2.33. The summed E-state index contributed by atoms with van der Waals surface area (Å²) in [6.07, 6.45) is 2.27. The molecule has 0 bridgehead atoms. The van der Waals surface area contributed by atoms with Crippen LogP contribution < -0.4 is 10.2 Å². The van der Waals surface area contributed by atoms with Gasteiger partial charge in [0.2, 0.25) is 5.91 Å². The van der Waals surface area contributed by atoms with Crippen LogP contribution in [0.4, 0.5) is 11.4 Å². The van der Waals surface area contributed by atoms with E-state index >= 15 is 0 Å². The van der Waals surface area contributed by atoms with Crippen molar-refractivity contribution in [3.05, 3.63) is 22.7 Å². The van der Waals surface area contributed by atoms with E-state index in [0.29, 0.717) is 12.6 Å². The molecule has 1 aromatic carbocycles. The van der Waals surface area contributed by atoms with Crippen molar-refractivity contribution in [3.8, 4) is 0 Å². The predicted molar refractivity (Wildman–Crippen MR) is 63.1 cm³/mol. The number of hydrogen-bond acceptors (Lipinski definition) is 2. The van der Waals surface area contributed by atoms with E-state index in [9.17, 15) is 4.79 Å². The zero-order chi connectivity index (χ0) is 10.4. The molecule has 1 N–H and O–H groups in total. The fourth-order valence-electron chi connectivity index (χ4n) is 1.98. The molecule has 15 heavy (non-hydrogen) atoms. The second kappa shape index (κ2) is 3.23. The van der Waals surface area contributed by atoms with Crippen molar-refractivity contribution in [2.24, 2.45) is 0 Å². The molecule has 78 valence electrons. The molecule has 3 nitrogen and oxygen atoms in total. The molecule has 1 amide bonds. The molecule has 0 radical (unpaired) electrons. The minimum absolute atomic E-state index is 0.183. The fraction of sp³-hybridized carbons (Fsp3) is 0.364. The lowest BCUT2D eigenvalue weighted by atomic mass is 10.2. The molecule has 4 heteroatoms. The molecule has 0 aromatic heterocycles. The van der Waals surface area contributed by atoms with Gasteiger partial charge in [-0.15, -0.1) is 0 Å². The lowest BCUT2D eigenvalue weighted by Gasteiger charge is -2.30. The van der Waals surface area contributed by atoms with Gasteiger partial charge in [0.25, 0.3) is 0 Å². The highest BCUT2D eigenvalue weighted by Crippen LogP contribution is 2.39. The molecule has 3 rings (SSSR count). The third-order valence-corrected chi connectivity index (χ3v) is 3.32. The maximum Gasteiger partial charge on any atom is 0.246 e. The van der Waals surface area contributed by atoms with Crippen LogP contribution in [0.25, 0.3) is 0 Å². The van der Waals surface area contributed by atoms with Gasteiger partial charge in [-0.3, -0.25) is 4.79 Å². The number of nitrogens with one attached hydrogen (secondary N) is 1. The van der Waals surface area contributed by atoms with E-state index < -0.39 is 0 Å². The maximum absolute atomic E-state index is 11.8. The van der Waals surface area contributed by atoms with Gasteiger partial charge in [0.15, 0.2) is 0 Å². The normalized spacial score (nSPS) is 19.8. The van der Waals surface area contributed by atoms with E-state index in [-0.39, 0.29) is 5.91 Å². The quantitative estimate of drug-likeness (QED) is 0.847. The van der Waals surface area contributed by atoms with E-state index in [1.165, 1.54) is 0 Å². The Bertz CT molecular complexity index is 429. The standard InChI is InChI=1S/C11H11BrN2O/c12-7-1-4-9-10(5-7)14(8-2-3-8)11(15)6-13-9/h1,4-5,8,13H,2-3,6H2. The molecule has 0 saturated heterocycles. The maximum atomic E-state index is 11.8. The van der Waals surface area contributed by atoms with Gasteiger partial charge in [0.05, 0.1) is 17.9 Å². The van der Waals surface area contributed by atoms with Crippen LogP contribution in [0, 0.1) is 0 Å². The molecule has 1 fully saturated rings. The minimum Gasteiger partial charge on any atom is -0.374 e. The van der Waals surface area contributed by atoms with Crippen molar-refractivity contribution in [3.63, 3.8) is 0 Å². The van der Waals surface area contributed by atoms with Crippen molar-refractivity contribution in [1.29, 1.82) is 0 Å². The number of hydrogen-bond donors (Lipinski definition) is 1. The molecule has 1 aliphatic heterocycles. The molecular formula is C11H11BrN2O. The third-order valence-electron chi connectivity index (χ3n) is 2.83. The first-order valence-corrected chi connectivity index (χ1v) is 5.90. The molecule has 1 aromatic rings. The first-order valence-electron chi connectivity index (χ1n) is 5.11. The van der Waals surface area contributed by atoms with Crippen LogP contribution >= 0.6 is 15.9 Å². The molecule has 1 heterocycles. The molecule has 0 unspecified atom stereocenters. The molecule has 0 atom stereocenters. The van der Waals surface area contributed by atoms with Crippen LogP contribution in [-0.2, 0) is 4.79 Å². The largest absolute Gasteiger partial charge is 0.374 e. The number of carbonyl (C=O) groups is 1. The Kier molecular flexibility index (Phi) is 1.99. The Labute approximate surface area is 96.6 Å². The lowest BCUT2D eigenvalue weighted by Crippen LogP contribution is -2.41. The summed E-state index contributed by atoms with van der Waals surface area (Å²) in [5.41, 5.74) is 2.08. The van der Waals surface area contributed by atoms with Crippen molar-refractivity contribution in [2.75, 3.05) is 16.8 Å². The van der Waals surface area contributed by atoms with Crippen molar-refractivity contribution < 1.29 is 4.79 Å². The Balaban J connectivity index is 2.08. The van der Waals surface area contributed by atoms with E-state index in [1.807, 2.05) is 23.1 Å². The van der Waals surface area contributed by atoms with E-state index in [4.69, 9.17) is 0 Å². The summed E-state index contributed by atoms with van der Waals surface area (Å²) < 4.78 is 1.02. The van der Waals surface area contributed by atoms with Gasteiger partial charge < -0.3 is 10.2 Å². The Morgan fingerprint density at radius 2 is 2.20 bits per heavy atom. The van der Waals surface area contributed by atoms with Gasteiger partial charge >= 0.3 is 0 Å². The summed E-state index contributed by atoms with van der Waals surface area (Å²) in [5, 5.41) is 3.14. The van der Waals surface area contributed by atoms with E-state index in [1.54, 1.807) is 0 Å². The average Bonchev–Trinajstić information content (AvgIpc) is 3.01. The summed E-state index contributed by atoms with van der Waals surface area (Å²) in [6.45, 7) is 0.422. The lowest BCUT2D eigenvalue weighted by molar-refractivity contribution is -0.117. The zero-order valence-electron chi connectivity index (χ0n) is 8.16. The highest BCUT2D eigenvalue weighted by molar-refractivity contribution is 9.10. The first kappa shape index (κ1) is 9.21. The van der Waals surface area contributed by atoms with E-state index in [0.717, 1.165) is 28.7 Å². The Morgan fingerprint density at radius 1 is 1.40 bits per heavy atom. The van der Waals surface area contributed by atoms with Crippen LogP contribution in [0.1, 0.15) is 12.8 Å². The number of rotatable bonds is 1. The summed E-state index contributed by atoms with van der Waals surface area (Å²) in [4.78, 5) is 13.7. The second-order valence-corrected chi connectivity index (χ2v) is 4.93. The van der Waals surface area contributed by atoms with Gasteiger partial charge in [-0.2, -0.15) is 0 Å².